The normalized spacial score (nSPS) is 15.5. The SMILES string of the molecule is CN(C(=O)CN1CCN(Cc2ccc(-c3ccccc3Cl)s2)CC1)c1nccs1. The fourth-order valence-electron chi connectivity index (χ4n) is 3.38. The molecule has 1 aliphatic rings. The smallest absolute Gasteiger partial charge is 0.242 e. The van der Waals surface area contributed by atoms with Gasteiger partial charge in [-0.1, -0.05) is 29.8 Å². The van der Waals surface area contributed by atoms with Crippen molar-refractivity contribution in [3.05, 3.63) is 57.9 Å². The van der Waals surface area contributed by atoms with Crippen molar-refractivity contribution in [1.29, 1.82) is 0 Å². The predicted octanol–water partition coefficient (Wildman–Crippen LogP) is 4.31. The van der Waals surface area contributed by atoms with Crippen molar-refractivity contribution < 1.29 is 4.79 Å². The molecule has 1 amide bonds. The maximum atomic E-state index is 12.5. The third-order valence-electron chi connectivity index (χ3n) is 5.08. The van der Waals surface area contributed by atoms with Crippen LogP contribution in [-0.2, 0) is 11.3 Å². The van der Waals surface area contributed by atoms with Crippen molar-refractivity contribution in [3.63, 3.8) is 0 Å². The topological polar surface area (TPSA) is 39.7 Å². The summed E-state index contributed by atoms with van der Waals surface area (Å²) in [5.41, 5.74) is 1.10. The van der Waals surface area contributed by atoms with Crippen LogP contribution in [0.2, 0.25) is 5.02 Å². The second kappa shape index (κ2) is 9.36. The average Bonchev–Trinajstić information content (AvgIpc) is 3.41. The standard InChI is InChI=1S/C21H23ClN4OS2/c1-24(21-23-8-13-28-21)20(27)15-26-11-9-25(10-12-26)14-16-6-7-19(29-16)17-4-2-3-5-18(17)22/h2-8,13H,9-12,14-15H2,1H3. The first-order valence-electron chi connectivity index (χ1n) is 9.54. The summed E-state index contributed by atoms with van der Waals surface area (Å²) in [6.45, 7) is 5.12. The first kappa shape index (κ1) is 20.5. The van der Waals surface area contributed by atoms with E-state index in [1.807, 2.05) is 23.6 Å². The third-order valence-corrected chi connectivity index (χ3v) is 7.37. The molecule has 5 nitrogen and oxygen atoms in total. The number of hydrogen-bond donors (Lipinski definition) is 0. The molecule has 0 atom stereocenters. The van der Waals surface area contributed by atoms with Gasteiger partial charge in [-0.3, -0.25) is 19.5 Å². The van der Waals surface area contributed by atoms with E-state index in [0.717, 1.165) is 48.4 Å². The molecule has 29 heavy (non-hydrogen) atoms. The first-order chi connectivity index (χ1) is 14.1. The van der Waals surface area contributed by atoms with Gasteiger partial charge in [0.2, 0.25) is 5.91 Å². The van der Waals surface area contributed by atoms with Gasteiger partial charge in [-0.2, -0.15) is 0 Å². The molecule has 1 aliphatic heterocycles. The Morgan fingerprint density at radius 1 is 1.14 bits per heavy atom. The molecule has 8 heteroatoms. The van der Waals surface area contributed by atoms with E-state index in [-0.39, 0.29) is 5.91 Å². The zero-order valence-corrected chi connectivity index (χ0v) is 18.6. The number of carbonyl (C=O) groups is 1. The highest BCUT2D eigenvalue weighted by atomic mass is 35.5. The van der Waals surface area contributed by atoms with Crippen molar-refractivity contribution in [1.82, 2.24) is 14.8 Å². The van der Waals surface area contributed by atoms with Gasteiger partial charge in [0.1, 0.15) is 0 Å². The molecule has 0 radical (unpaired) electrons. The van der Waals surface area contributed by atoms with Crippen molar-refractivity contribution in [2.24, 2.45) is 0 Å². The summed E-state index contributed by atoms with van der Waals surface area (Å²) in [6, 6.07) is 12.3. The van der Waals surface area contributed by atoms with Gasteiger partial charge >= 0.3 is 0 Å². The molecular weight excluding hydrogens is 424 g/mol. The minimum atomic E-state index is 0.0936. The number of anilines is 1. The third kappa shape index (κ3) is 5.05. The Balaban J connectivity index is 1.27. The molecule has 0 saturated carbocycles. The van der Waals surface area contributed by atoms with E-state index in [4.69, 9.17) is 11.6 Å². The molecule has 0 unspecified atom stereocenters. The van der Waals surface area contributed by atoms with Crippen LogP contribution in [-0.4, -0.2) is 60.5 Å². The fourth-order valence-corrected chi connectivity index (χ4v) is 5.39. The van der Waals surface area contributed by atoms with Crippen LogP contribution in [0.3, 0.4) is 0 Å². The maximum Gasteiger partial charge on any atom is 0.242 e. The number of hydrogen-bond acceptors (Lipinski definition) is 6. The van der Waals surface area contributed by atoms with Crippen LogP contribution in [0.15, 0.2) is 48.0 Å². The fraction of sp³-hybridized carbons (Fsp3) is 0.333. The highest BCUT2D eigenvalue weighted by molar-refractivity contribution is 7.15. The Kier molecular flexibility index (Phi) is 6.62. The van der Waals surface area contributed by atoms with E-state index in [1.165, 1.54) is 21.1 Å². The van der Waals surface area contributed by atoms with Gasteiger partial charge in [-0.25, -0.2) is 4.98 Å². The number of carbonyl (C=O) groups excluding carboxylic acids is 1. The summed E-state index contributed by atoms with van der Waals surface area (Å²) >= 11 is 9.61. The molecule has 1 fully saturated rings. The first-order valence-corrected chi connectivity index (χ1v) is 11.6. The van der Waals surface area contributed by atoms with Crippen LogP contribution in [0, 0.1) is 0 Å². The summed E-state index contributed by atoms with van der Waals surface area (Å²) in [5, 5.41) is 3.43. The minimum Gasteiger partial charge on any atom is -0.296 e. The molecule has 0 bridgehead atoms. The van der Waals surface area contributed by atoms with Crippen molar-refractivity contribution in [2.45, 2.75) is 6.54 Å². The van der Waals surface area contributed by atoms with E-state index in [0.29, 0.717) is 6.54 Å². The largest absolute Gasteiger partial charge is 0.296 e. The number of benzene rings is 1. The van der Waals surface area contributed by atoms with Gasteiger partial charge in [0, 0.05) is 71.7 Å². The monoisotopic (exact) mass is 446 g/mol. The lowest BCUT2D eigenvalue weighted by Crippen LogP contribution is -2.49. The highest BCUT2D eigenvalue weighted by Crippen LogP contribution is 2.33. The molecule has 2 aromatic heterocycles. The Morgan fingerprint density at radius 2 is 1.90 bits per heavy atom. The van der Waals surface area contributed by atoms with E-state index in [1.54, 1.807) is 29.5 Å². The second-order valence-corrected chi connectivity index (χ2v) is 9.51. The maximum absolute atomic E-state index is 12.5. The van der Waals surface area contributed by atoms with Crippen molar-refractivity contribution >= 4 is 45.3 Å². The van der Waals surface area contributed by atoms with Crippen LogP contribution in [0.1, 0.15) is 4.88 Å². The lowest BCUT2D eigenvalue weighted by Gasteiger charge is -2.34. The average molecular weight is 447 g/mol. The number of likely N-dealkylation sites (N-methyl/N-ethyl adjacent to an activating group) is 1. The number of thiophene rings is 1. The Morgan fingerprint density at radius 3 is 2.62 bits per heavy atom. The van der Waals surface area contributed by atoms with Crippen LogP contribution in [0.4, 0.5) is 5.13 Å². The van der Waals surface area contributed by atoms with Gasteiger partial charge < -0.3 is 0 Å². The number of amides is 1. The summed E-state index contributed by atoms with van der Waals surface area (Å²) in [7, 11) is 1.80. The molecule has 152 valence electrons. The van der Waals surface area contributed by atoms with Crippen molar-refractivity contribution in [3.8, 4) is 10.4 Å². The van der Waals surface area contributed by atoms with Crippen LogP contribution < -0.4 is 4.90 Å². The van der Waals surface area contributed by atoms with Gasteiger partial charge in [0.05, 0.1) is 6.54 Å². The van der Waals surface area contributed by atoms with Gasteiger partial charge in [-0.15, -0.1) is 22.7 Å². The lowest BCUT2D eigenvalue weighted by atomic mass is 10.2. The number of nitrogens with zero attached hydrogens (tertiary/aromatic N) is 4. The molecule has 3 heterocycles. The Bertz CT molecular complexity index is 951. The number of halogens is 1. The molecule has 0 aliphatic carbocycles. The number of thiazole rings is 1. The summed E-state index contributed by atoms with van der Waals surface area (Å²) in [6.07, 6.45) is 1.73. The molecular formula is C21H23ClN4OS2. The molecule has 4 rings (SSSR count). The predicted molar refractivity (Wildman–Crippen MR) is 122 cm³/mol. The zero-order valence-electron chi connectivity index (χ0n) is 16.3. The van der Waals surface area contributed by atoms with Gasteiger partial charge in [-0.05, 0) is 18.2 Å². The Hall–Kier alpha value is -1.77. The summed E-state index contributed by atoms with van der Waals surface area (Å²) < 4.78 is 0. The van der Waals surface area contributed by atoms with Crippen molar-refractivity contribution in [2.75, 3.05) is 44.7 Å². The molecule has 1 aromatic carbocycles. The van der Waals surface area contributed by atoms with Gasteiger partial charge in [0.15, 0.2) is 5.13 Å². The second-order valence-electron chi connectivity index (χ2n) is 7.07. The summed E-state index contributed by atoms with van der Waals surface area (Å²) in [4.78, 5) is 25.6. The van der Waals surface area contributed by atoms with Gasteiger partial charge in [0.25, 0.3) is 0 Å². The highest BCUT2D eigenvalue weighted by Gasteiger charge is 2.22. The number of rotatable bonds is 6. The Labute approximate surface area is 184 Å². The number of piperazine rings is 1. The van der Waals surface area contributed by atoms with Crippen LogP contribution in [0.25, 0.3) is 10.4 Å². The quantitative estimate of drug-likeness (QED) is 0.565. The molecule has 0 spiro atoms. The number of aromatic nitrogens is 1. The zero-order chi connectivity index (χ0) is 20.2. The van der Waals surface area contributed by atoms with E-state index >= 15 is 0 Å². The van der Waals surface area contributed by atoms with E-state index in [9.17, 15) is 4.79 Å². The molecule has 1 saturated heterocycles. The minimum absolute atomic E-state index is 0.0936. The summed E-state index contributed by atoms with van der Waals surface area (Å²) in [5.74, 6) is 0.0936. The molecule has 0 N–H and O–H groups in total. The van der Waals surface area contributed by atoms with Crippen LogP contribution >= 0.6 is 34.3 Å². The van der Waals surface area contributed by atoms with E-state index < -0.39 is 0 Å². The lowest BCUT2D eigenvalue weighted by molar-refractivity contribution is -0.119. The van der Waals surface area contributed by atoms with Crippen LogP contribution in [0.5, 0.6) is 0 Å². The van der Waals surface area contributed by atoms with E-state index in [2.05, 4.69) is 33.0 Å². The molecule has 3 aromatic rings.